The molecule has 5 nitrogen and oxygen atoms in total. The van der Waals surface area contributed by atoms with Gasteiger partial charge in [-0.05, 0) is 36.9 Å². The Labute approximate surface area is 119 Å². The second-order valence-corrected chi connectivity index (χ2v) is 7.07. The van der Waals surface area contributed by atoms with Crippen LogP contribution in [0.1, 0.15) is 25.3 Å². The second-order valence-electron chi connectivity index (χ2n) is 4.17. The Hall–Kier alpha value is -0.470. The molecule has 0 fully saturated rings. The number of ether oxygens (including phenoxy) is 1. The number of rotatable bonds is 10. The number of nitrogens with one attached hydrogen (secondary N) is 2. The van der Waals surface area contributed by atoms with Crippen LogP contribution in [0.3, 0.4) is 0 Å². The Morgan fingerprint density at radius 3 is 2.84 bits per heavy atom. The fourth-order valence-corrected chi connectivity index (χ4v) is 3.82. The molecule has 1 rings (SSSR count). The van der Waals surface area contributed by atoms with Crippen LogP contribution in [0, 0.1) is 0 Å². The lowest BCUT2D eigenvalue weighted by molar-refractivity contribution is 0.133. The Morgan fingerprint density at radius 2 is 2.16 bits per heavy atom. The van der Waals surface area contributed by atoms with Crippen LogP contribution in [0.2, 0.25) is 0 Å². The summed E-state index contributed by atoms with van der Waals surface area (Å²) in [7, 11) is -1.53. The Bertz CT molecular complexity index is 457. The van der Waals surface area contributed by atoms with E-state index in [9.17, 15) is 8.42 Å². The first-order chi connectivity index (χ1) is 9.10. The highest BCUT2D eigenvalue weighted by Crippen LogP contribution is 2.19. The molecule has 0 radical (unpaired) electrons. The van der Waals surface area contributed by atoms with E-state index in [1.807, 2.05) is 19.4 Å². The summed E-state index contributed by atoms with van der Waals surface area (Å²) in [6.45, 7) is 4.45. The zero-order valence-corrected chi connectivity index (χ0v) is 13.1. The van der Waals surface area contributed by atoms with Gasteiger partial charge in [0.05, 0.1) is 0 Å². The summed E-state index contributed by atoms with van der Waals surface area (Å²) in [4.78, 5) is 0. The van der Waals surface area contributed by atoms with Gasteiger partial charge < -0.3 is 10.1 Å². The topological polar surface area (TPSA) is 67.4 Å². The molecular weight excluding hydrogens is 284 g/mol. The van der Waals surface area contributed by atoms with Gasteiger partial charge in [-0.1, -0.05) is 6.92 Å². The van der Waals surface area contributed by atoms with Crippen molar-refractivity contribution in [1.29, 1.82) is 0 Å². The van der Waals surface area contributed by atoms with Gasteiger partial charge in [-0.25, -0.2) is 13.1 Å². The van der Waals surface area contributed by atoms with E-state index >= 15 is 0 Å². The first-order valence-corrected chi connectivity index (χ1v) is 8.76. The van der Waals surface area contributed by atoms with Gasteiger partial charge in [0.25, 0.3) is 0 Å². The molecule has 0 aliphatic rings. The Balaban J connectivity index is 2.38. The number of hydrogen-bond acceptors (Lipinski definition) is 5. The van der Waals surface area contributed by atoms with Crippen LogP contribution >= 0.6 is 11.3 Å². The van der Waals surface area contributed by atoms with Gasteiger partial charge in [-0.15, -0.1) is 11.3 Å². The summed E-state index contributed by atoms with van der Waals surface area (Å²) < 4.78 is 32.2. The van der Waals surface area contributed by atoms with E-state index in [1.54, 1.807) is 6.07 Å². The minimum Gasteiger partial charge on any atom is -0.381 e. The van der Waals surface area contributed by atoms with E-state index in [0.29, 0.717) is 30.3 Å². The van der Waals surface area contributed by atoms with Crippen molar-refractivity contribution in [3.05, 3.63) is 17.0 Å². The van der Waals surface area contributed by atoms with Gasteiger partial charge in [-0.2, -0.15) is 0 Å². The lowest BCUT2D eigenvalue weighted by Crippen LogP contribution is -2.25. The average molecular weight is 306 g/mol. The molecule has 1 heterocycles. The Morgan fingerprint density at radius 1 is 1.37 bits per heavy atom. The quantitative estimate of drug-likeness (QED) is 0.644. The first-order valence-electron chi connectivity index (χ1n) is 6.39. The van der Waals surface area contributed by atoms with Crippen LogP contribution in [0.15, 0.2) is 15.7 Å². The summed E-state index contributed by atoms with van der Waals surface area (Å²) in [5.41, 5.74) is 0.985. The number of thiophene rings is 1. The normalized spacial score (nSPS) is 11.9. The van der Waals surface area contributed by atoms with Crippen molar-refractivity contribution in [2.45, 2.75) is 30.5 Å². The predicted octanol–water partition coefficient (Wildman–Crippen LogP) is 1.56. The monoisotopic (exact) mass is 306 g/mol. The van der Waals surface area contributed by atoms with Gasteiger partial charge in [0.15, 0.2) is 0 Å². The van der Waals surface area contributed by atoms with Crippen molar-refractivity contribution in [2.75, 3.05) is 26.8 Å². The van der Waals surface area contributed by atoms with E-state index in [2.05, 4.69) is 10.0 Å². The van der Waals surface area contributed by atoms with Gasteiger partial charge in [-0.3, -0.25) is 0 Å². The molecule has 0 amide bonds. The average Bonchev–Trinajstić information content (AvgIpc) is 2.83. The molecule has 0 unspecified atom stereocenters. The summed E-state index contributed by atoms with van der Waals surface area (Å²) in [5, 5.41) is 4.85. The molecule has 0 atom stereocenters. The highest BCUT2D eigenvalue weighted by Gasteiger charge is 2.15. The standard InChI is InChI=1S/C12H22N2O3S2/c1-3-6-17-7-4-5-14-19(15,16)12-8-11(9-13-2)10-18-12/h8,10,13-14H,3-7,9H2,1-2H3. The largest absolute Gasteiger partial charge is 0.381 e. The van der Waals surface area contributed by atoms with Gasteiger partial charge in [0.2, 0.25) is 10.0 Å². The van der Waals surface area contributed by atoms with Gasteiger partial charge in [0.1, 0.15) is 4.21 Å². The molecule has 1 aromatic heterocycles. The van der Waals surface area contributed by atoms with Crippen molar-refractivity contribution < 1.29 is 13.2 Å². The van der Waals surface area contributed by atoms with Crippen molar-refractivity contribution in [3.63, 3.8) is 0 Å². The lowest BCUT2D eigenvalue weighted by atomic mass is 10.3. The molecule has 19 heavy (non-hydrogen) atoms. The molecule has 0 spiro atoms. The molecular formula is C12H22N2O3S2. The van der Waals surface area contributed by atoms with Gasteiger partial charge >= 0.3 is 0 Å². The summed E-state index contributed by atoms with van der Waals surface area (Å²) >= 11 is 1.25. The first kappa shape index (κ1) is 16.6. The fraction of sp³-hybridized carbons (Fsp3) is 0.667. The number of sulfonamides is 1. The lowest BCUT2D eigenvalue weighted by Gasteiger charge is -2.05. The molecule has 0 aliphatic carbocycles. The maximum atomic E-state index is 12.0. The molecule has 0 aliphatic heterocycles. The van der Waals surface area contributed by atoms with Crippen LogP contribution in [-0.2, 0) is 21.3 Å². The minimum absolute atomic E-state index is 0.368. The minimum atomic E-state index is -3.37. The van der Waals surface area contributed by atoms with Crippen molar-refractivity contribution in [3.8, 4) is 0 Å². The van der Waals surface area contributed by atoms with Crippen LogP contribution in [0.25, 0.3) is 0 Å². The summed E-state index contributed by atoms with van der Waals surface area (Å²) in [6, 6.07) is 1.71. The summed E-state index contributed by atoms with van der Waals surface area (Å²) in [5.74, 6) is 0. The molecule has 0 bridgehead atoms. The van der Waals surface area contributed by atoms with E-state index in [-0.39, 0.29) is 0 Å². The third kappa shape index (κ3) is 6.01. The molecule has 1 aromatic rings. The molecule has 0 saturated carbocycles. The smallest absolute Gasteiger partial charge is 0.250 e. The van der Waals surface area contributed by atoms with Gasteiger partial charge in [0, 0.05) is 26.3 Å². The predicted molar refractivity (Wildman–Crippen MR) is 78.0 cm³/mol. The summed E-state index contributed by atoms with van der Waals surface area (Å²) in [6.07, 6.45) is 1.67. The van der Waals surface area contributed by atoms with E-state index in [4.69, 9.17) is 4.74 Å². The Kier molecular flexibility index (Phi) is 7.55. The zero-order valence-electron chi connectivity index (χ0n) is 11.4. The van der Waals surface area contributed by atoms with E-state index in [0.717, 1.165) is 18.6 Å². The second kappa shape index (κ2) is 8.65. The van der Waals surface area contributed by atoms with E-state index < -0.39 is 10.0 Å². The van der Waals surface area contributed by atoms with Crippen molar-refractivity contribution in [1.82, 2.24) is 10.0 Å². The highest BCUT2D eigenvalue weighted by atomic mass is 32.2. The SMILES string of the molecule is CCCOCCCNS(=O)(=O)c1cc(CNC)cs1. The van der Waals surface area contributed by atoms with Crippen molar-refractivity contribution in [2.24, 2.45) is 0 Å². The van der Waals surface area contributed by atoms with Crippen LogP contribution in [0.4, 0.5) is 0 Å². The number of hydrogen-bond donors (Lipinski definition) is 2. The van der Waals surface area contributed by atoms with Crippen LogP contribution in [-0.4, -0.2) is 35.2 Å². The molecule has 0 aromatic carbocycles. The van der Waals surface area contributed by atoms with Crippen molar-refractivity contribution >= 4 is 21.4 Å². The molecule has 7 heteroatoms. The molecule has 0 saturated heterocycles. The maximum Gasteiger partial charge on any atom is 0.250 e. The fourth-order valence-electron chi connectivity index (χ4n) is 1.49. The highest BCUT2D eigenvalue weighted by molar-refractivity contribution is 7.91. The zero-order chi connectivity index (χ0) is 14.1. The van der Waals surface area contributed by atoms with Crippen LogP contribution < -0.4 is 10.0 Å². The molecule has 2 N–H and O–H groups in total. The third-order valence-electron chi connectivity index (χ3n) is 2.38. The van der Waals surface area contributed by atoms with Crippen LogP contribution in [0.5, 0.6) is 0 Å². The molecule has 110 valence electrons. The van der Waals surface area contributed by atoms with E-state index in [1.165, 1.54) is 11.3 Å². The third-order valence-corrected chi connectivity index (χ3v) is 5.33. The maximum absolute atomic E-state index is 12.0.